The molecule has 0 fully saturated rings. The van der Waals surface area contributed by atoms with E-state index in [0.29, 0.717) is 0 Å². The first-order valence-electron chi connectivity index (χ1n) is 10.0. The number of aliphatic carboxylic acids is 1. The fourth-order valence-corrected chi connectivity index (χ4v) is 2.95. The molecule has 10 nitrogen and oxygen atoms in total. The highest BCUT2D eigenvalue weighted by Gasteiger charge is 2.29. The number of carboxylic acids is 1. The molecule has 2 aromatic carbocycles. The lowest BCUT2D eigenvalue weighted by Crippen LogP contribution is -2.54. The van der Waals surface area contributed by atoms with E-state index < -0.39 is 52.4 Å². The largest absolute Gasteiger partial charge is 0.480 e. The van der Waals surface area contributed by atoms with Crippen molar-refractivity contribution < 1.29 is 33.5 Å². The van der Waals surface area contributed by atoms with Crippen molar-refractivity contribution in [3.8, 4) is 0 Å². The molecule has 2 atom stereocenters. The number of carbonyl (C=O) groups is 3. The van der Waals surface area contributed by atoms with Crippen LogP contribution in [-0.4, -0.2) is 40.1 Å². The second-order valence-corrected chi connectivity index (χ2v) is 7.57. The van der Waals surface area contributed by atoms with Gasteiger partial charge in [-0.3, -0.25) is 14.9 Å². The maximum absolute atomic E-state index is 13.5. The number of nitro groups is 1. The standard InChI is InChI=1S/C22H24FN3O7/c1-13(2)19(25-22(30)33-12-14-6-4-3-5-7-14)20(27)24-17(21(28)29)10-15-8-9-16(23)18(11-15)26(31)32/h3-9,11,13,17,19H,10,12H2,1-2H3,(H,24,27)(H,25,30)(H,28,29)/t17-,19+/m1/s1. The van der Waals surface area contributed by atoms with Crippen LogP contribution < -0.4 is 10.6 Å². The summed E-state index contributed by atoms with van der Waals surface area (Å²) in [6.07, 6.45) is -1.18. The molecule has 0 unspecified atom stereocenters. The number of nitrogens with zero attached hydrogens (tertiary/aromatic N) is 1. The van der Waals surface area contributed by atoms with Crippen LogP contribution in [0.5, 0.6) is 0 Å². The third-order valence-corrected chi connectivity index (χ3v) is 4.70. The van der Waals surface area contributed by atoms with Crippen LogP contribution in [0.25, 0.3) is 0 Å². The number of amides is 2. The number of halogens is 1. The third-order valence-electron chi connectivity index (χ3n) is 4.70. The van der Waals surface area contributed by atoms with Gasteiger partial charge in [0.2, 0.25) is 11.7 Å². The van der Waals surface area contributed by atoms with Crippen LogP contribution >= 0.6 is 0 Å². The van der Waals surface area contributed by atoms with Crippen LogP contribution in [0.4, 0.5) is 14.9 Å². The van der Waals surface area contributed by atoms with Crippen LogP contribution in [0.3, 0.4) is 0 Å². The lowest BCUT2D eigenvalue weighted by molar-refractivity contribution is -0.387. The Morgan fingerprint density at radius 2 is 1.76 bits per heavy atom. The first-order valence-corrected chi connectivity index (χ1v) is 10.0. The van der Waals surface area contributed by atoms with E-state index in [4.69, 9.17) is 4.74 Å². The topological polar surface area (TPSA) is 148 Å². The lowest BCUT2D eigenvalue weighted by atomic mass is 10.0. The van der Waals surface area contributed by atoms with Gasteiger partial charge in [0.1, 0.15) is 18.7 Å². The van der Waals surface area contributed by atoms with Crippen molar-refractivity contribution >= 4 is 23.7 Å². The van der Waals surface area contributed by atoms with E-state index in [0.717, 1.165) is 17.7 Å². The normalized spacial score (nSPS) is 12.5. The van der Waals surface area contributed by atoms with Crippen LogP contribution in [0, 0.1) is 21.8 Å². The number of carbonyl (C=O) groups excluding carboxylic acids is 2. The number of rotatable bonds is 10. The molecule has 0 saturated heterocycles. The maximum Gasteiger partial charge on any atom is 0.408 e. The molecule has 2 aromatic rings. The Balaban J connectivity index is 2.05. The van der Waals surface area contributed by atoms with Crippen molar-refractivity contribution in [1.82, 2.24) is 10.6 Å². The fourth-order valence-electron chi connectivity index (χ4n) is 2.95. The number of ether oxygens (including phenoxy) is 1. The highest BCUT2D eigenvalue weighted by atomic mass is 19.1. The number of nitrogens with one attached hydrogen (secondary N) is 2. The van der Waals surface area contributed by atoms with Gasteiger partial charge in [0.05, 0.1) is 4.92 Å². The molecule has 0 spiro atoms. The first kappa shape index (κ1) is 25.2. The summed E-state index contributed by atoms with van der Waals surface area (Å²) >= 11 is 0. The highest BCUT2D eigenvalue weighted by Crippen LogP contribution is 2.19. The zero-order valence-electron chi connectivity index (χ0n) is 18.0. The number of benzene rings is 2. The minimum atomic E-state index is -1.47. The van der Waals surface area contributed by atoms with Crippen molar-refractivity contribution in [2.45, 2.75) is 39.0 Å². The van der Waals surface area contributed by atoms with Crippen molar-refractivity contribution in [2.24, 2.45) is 5.92 Å². The molecular formula is C22H24FN3O7. The number of hydrogen-bond acceptors (Lipinski definition) is 6. The molecule has 0 bridgehead atoms. The summed E-state index contributed by atoms with van der Waals surface area (Å²) in [5, 5.41) is 25.1. The van der Waals surface area contributed by atoms with E-state index in [1.807, 2.05) is 6.07 Å². The molecule has 0 aliphatic carbocycles. The summed E-state index contributed by atoms with van der Waals surface area (Å²) in [5.74, 6) is -3.64. The summed E-state index contributed by atoms with van der Waals surface area (Å²) in [6.45, 7) is 3.29. The van der Waals surface area contributed by atoms with E-state index in [1.165, 1.54) is 6.07 Å². The molecule has 176 valence electrons. The van der Waals surface area contributed by atoms with Crippen molar-refractivity contribution in [2.75, 3.05) is 0 Å². The Morgan fingerprint density at radius 1 is 1.09 bits per heavy atom. The van der Waals surface area contributed by atoms with Gasteiger partial charge in [0, 0.05) is 12.5 Å². The van der Waals surface area contributed by atoms with Gasteiger partial charge in [-0.1, -0.05) is 50.2 Å². The Kier molecular flexibility index (Phi) is 8.84. The molecule has 0 aliphatic rings. The van der Waals surface area contributed by atoms with E-state index in [2.05, 4.69) is 10.6 Å². The van der Waals surface area contributed by atoms with Gasteiger partial charge < -0.3 is 20.5 Å². The Bertz CT molecular complexity index is 1010. The van der Waals surface area contributed by atoms with Crippen LogP contribution in [0.15, 0.2) is 48.5 Å². The smallest absolute Gasteiger partial charge is 0.408 e. The molecule has 2 amide bonds. The van der Waals surface area contributed by atoms with Crippen LogP contribution in [0.1, 0.15) is 25.0 Å². The minimum Gasteiger partial charge on any atom is -0.480 e. The zero-order chi connectivity index (χ0) is 24.5. The van der Waals surface area contributed by atoms with Gasteiger partial charge in [0.15, 0.2) is 0 Å². The average Bonchev–Trinajstić information content (AvgIpc) is 2.76. The molecule has 11 heteroatoms. The summed E-state index contributed by atoms with van der Waals surface area (Å²) < 4.78 is 18.6. The Labute approximate surface area is 188 Å². The highest BCUT2D eigenvalue weighted by molar-refractivity contribution is 5.89. The molecular weight excluding hydrogens is 437 g/mol. The predicted molar refractivity (Wildman–Crippen MR) is 115 cm³/mol. The molecule has 3 N–H and O–H groups in total. The Morgan fingerprint density at radius 3 is 2.33 bits per heavy atom. The molecule has 0 aromatic heterocycles. The van der Waals surface area contributed by atoms with Crippen molar-refractivity contribution in [1.29, 1.82) is 0 Å². The average molecular weight is 461 g/mol. The quantitative estimate of drug-likeness (QED) is 0.364. The number of hydrogen-bond donors (Lipinski definition) is 3. The van der Waals surface area contributed by atoms with E-state index in [9.17, 15) is 34.0 Å². The van der Waals surface area contributed by atoms with Crippen LogP contribution in [-0.2, 0) is 27.4 Å². The predicted octanol–water partition coefficient (Wildman–Crippen LogP) is 2.80. The second-order valence-electron chi connectivity index (χ2n) is 7.57. The van der Waals surface area contributed by atoms with Gasteiger partial charge in [-0.15, -0.1) is 0 Å². The van der Waals surface area contributed by atoms with Gasteiger partial charge in [-0.05, 0) is 23.1 Å². The summed E-state index contributed by atoms with van der Waals surface area (Å²) in [5.41, 5.74) is 0.0931. The van der Waals surface area contributed by atoms with E-state index >= 15 is 0 Å². The fraction of sp³-hybridized carbons (Fsp3) is 0.318. The monoisotopic (exact) mass is 461 g/mol. The van der Waals surface area contributed by atoms with Gasteiger partial charge in [-0.2, -0.15) is 4.39 Å². The van der Waals surface area contributed by atoms with E-state index in [-0.39, 0.29) is 18.6 Å². The van der Waals surface area contributed by atoms with Gasteiger partial charge in [-0.25, -0.2) is 9.59 Å². The van der Waals surface area contributed by atoms with Gasteiger partial charge in [0.25, 0.3) is 0 Å². The zero-order valence-corrected chi connectivity index (χ0v) is 18.0. The van der Waals surface area contributed by atoms with E-state index in [1.54, 1.807) is 38.1 Å². The minimum absolute atomic E-state index is 0.0137. The molecule has 0 radical (unpaired) electrons. The summed E-state index contributed by atoms with van der Waals surface area (Å²) in [6, 6.07) is 9.30. The number of alkyl carbamates (subject to hydrolysis) is 1. The lowest BCUT2D eigenvalue weighted by Gasteiger charge is -2.24. The molecule has 0 heterocycles. The maximum atomic E-state index is 13.5. The Hall–Kier alpha value is -4.02. The van der Waals surface area contributed by atoms with Crippen LogP contribution in [0.2, 0.25) is 0 Å². The number of nitro benzene ring substituents is 1. The van der Waals surface area contributed by atoms with Crippen molar-refractivity contribution in [3.63, 3.8) is 0 Å². The van der Waals surface area contributed by atoms with Crippen molar-refractivity contribution in [3.05, 3.63) is 75.6 Å². The molecule has 2 rings (SSSR count). The molecule has 0 aliphatic heterocycles. The number of carboxylic acid groups (broad SMARTS) is 1. The summed E-state index contributed by atoms with van der Waals surface area (Å²) in [4.78, 5) is 46.5. The third kappa shape index (κ3) is 7.56. The first-order chi connectivity index (χ1) is 15.6. The SMILES string of the molecule is CC(C)[C@H](NC(=O)OCc1ccccc1)C(=O)N[C@H](Cc1ccc(F)c([N+](=O)[O-])c1)C(=O)O. The summed E-state index contributed by atoms with van der Waals surface area (Å²) in [7, 11) is 0. The van der Waals surface area contributed by atoms with Gasteiger partial charge >= 0.3 is 17.7 Å². The molecule has 33 heavy (non-hydrogen) atoms. The molecule has 0 saturated carbocycles. The second kappa shape index (κ2) is 11.6.